The number of anilines is 1. The number of aromatic nitrogens is 3. The van der Waals surface area contributed by atoms with E-state index in [1.54, 1.807) is 22.5 Å². The van der Waals surface area contributed by atoms with Gasteiger partial charge in [-0.15, -0.1) is 11.3 Å². The van der Waals surface area contributed by atoms with Crippen LogP contribution >= 0.6 is 11.3 Å². The van der Waals surface area contributed by atoms with Gasteiger partial charge in [0.15, 0.2) is 5.82 Å². The molecule has 17 heavy (non-hydrogen) atoms. The standard InChI is InChI=1S/C11H14N4OS/c1-8(2)15-4-3-12-10(11(15)16)13-5-9-6-17-7-14-9/h3-4,6-8H,5H2,1-2H3,(H,12,13). The Morgan fingerprint density at radius 3 is 2.94 bits per heavy atom. The average molecular weight is 250 g/mol. The predicted molar refractivity (Wildman–Crippen MR) is 68.3 cm³/mol. The monoisotopic (exact) mass is 250 g/mol. The first-order valence-electron chi connectivity index (χ1n) is 5.36. The van der Waals surface area contributed by atoms with E-state index in [-0.39, 0.29) is 11.6 Å². The Morgan fingerprint density at radius 1 is 1.47 bits per heavy atom. The van der Waals surface area contributed by atoms with E-state index in [2.05, 4.69) is 15.3 Å². The zero-order valence-corrected chi connectivity index (χ0v) is 10.6. The molecule has 90 valence electrons. The maximum Gasteiger partial charge on any atom is 0.293 e. The van der Waals surface area contributed by atoms with Gasteiger partial charge in [-0.1, -0.05) is 0 Å². The van der Waals surface area contributed by atoms with Crippen molar-refractivity contribution >= 4 is 17.2 Å². The zero-order chi connectivity index (χ0) is 12.3. The van der Waals surface area contributed by atoms with Crippen LogP contribution < -0.4 is 10.9 Å². The Kier molecular flexibility index (Phi) is 3.53. The molecule has 0 spiro atoms. The van der Waals surface area contributed by atoms with Gasteiger partial charge in [-0.05, 0) is 13.8 Å². The molecule has 0 aliphatic carbocycles. The summed E-state index contributed by atoms with van der Waals surface area (Å²) in [7, 11) is 0. The van der Waals surface area contributed by atoms with Gasteiger partial charge in [0.1, 0.15) is 0 Å². The van der Waals surface area contributed by atoms with E-state index in [0.29, 0.717) is 12.4 Å². The highest BCUT2D eigenvalue weighted by Crippen LogP contribution is 2.05. The third-order valence-electron chi connectivity index (χ3n) is 2.34. The van der Waals surface area contributed by atoms with E-state index in [1.165, 1.54) is 11.3 Å². The van der Waals surface area contributed by atoms with Crippen LogP contribution in [0.3, 0.4) is 0 Å². The Hall–Kier alpha value is -1.69. The molecule has 0 amide bonds. The minimum Gasteiger partial charge on any atom is -0.360 e. The lowest BCUT2D eigenvalue weighted by Gasteiger charge is -2.11. The van der Waals surface area contributed by atoms with Gasteiger partial charge in [0, 0.05) is 23.8 Å². The predicted octanol–water partition coefficient (Wildman–Crippen LogP) is 1.89. The van der Waals surface area contributed by atoms with Crippen LogP contribution in [0.1, 0.15) is 25.6 Å². The first-order chi connectivity index (χ1) is 8.18. The highest BCUT2D eigenvalue weighted by atomic mass is 32.1. The second kappa shape index (κ2) is 5.09. The summed E-state index contributed by atoms with van der Waals surface area (Å²) in [4.78, 5) is 20.2. The average Bonchev–Trinajstić information content (AvgIpc) is 2.80. The molecule has 5 nitrogen and oxygen atoms in total. The van der Waals surface area contributed by atoms with Crippen LogP contribution in [-0.4, -0.2) is 14.5 Å². The first kappa shape index (κ1) is 11.8. The van der Waals surface area contributed by atoms with Gasteiger partial charge in [0.05, 0.1) is 17.7 Å². The van der Waals surface area contributed by atoms with Gasteiger partial charge >= 0.3 is 0 Å². The first-order valence-corrected chi connectivity index (χ1v) is 6.31. The molecule has 1 N–H and O–H groups in total. The minimum absolute atomic E-state index is 0.0993. The van der Waals surface area contributed by atoms with Crippen LogP contribution in [-0.2, 0) is 6.54 Å². The van der Waals surface area contributed by atoms with Crippen LogP contribution in [0.25, 0.3) is 0 Å². The highest BCUT2D eigenvalue weighted by molar-refractivity contribution is 7.07. The molecular formula is C11H14N4OS. The summed E-state index contributed by atoms with van der Waals surface area (Å²) in [6.07, 6.45) is 3.33. The van der Waals surface area contributed by atoms with Crippen molar-refractivity contribution in [2.75, 3.05) is 5.32 Å². The van der Waals surface area contributed by atoms with Crippen molar-refractivity contribution in [3.63, 3.8) is 0 Å². The molecule has 0 fully saturated rings. The van der Waals surface area contributed by atoms with Crippen molar-refractivity contribution in [3.05, 3.63) is 39.3 Å². The summed E-state index contributed by atoms with van der Waals surface area (Å²) in [5.41, 5.74) is 2.58. The molecule has 2 aromatic heterocycles. The van der Waals surface area contributed by atoms with Crippen molar-refractivity contribution < 1.29 is 0 Å². The molecular weight excluding hydrogens is 236 g/mol. The number of hydrogen-bond acceptors (Lipinski definition) is 5. The Morgan fingerprint density at radius 2 is 2.29 bits per heavy atom. The second-order valence-electron chi connectivity index (χ2n) is 3.92. The molecule has 0 atom stereocenters. The van der Waals surface area contributed by atoms with Gasteiger partial charge in [0.25, 0.3) is 5.56 Å². The number of nitrogens with one attached hydrogen (secondary N) is 1. The maximum absolute atomic E-state index is 12.0. The lowest BCUT2D eigenvalue weighted by molar-refractivity contribution is 0.575. The largest absolute Gasteiger partial charge is 0.360 e. The second-order valence-corrected chi connectivity index (χ2v) is 4.63. The van der Waals surface area contributed by atoms with E-state index in [9.17, 15) is 4.79 Å². The molecule has 0 aromatic carbocycles. The molecule has 0 aliphatic heterocycles. The molecule has 0 bridgehead atoms. The van der Waals surface area contributed by atoms with Crippen molar-refractivity contribution in [1.29, 1.82) is 0 Å². The van der Waals surface area contributed by atoms with Crippen LogP contribution in [0.15, 0.2) is 28.1 Å². The van der Waals surface area contributed by atoms with Gasteiger partial charge in [-0.2, -0.15) is 0 Å². The van der Waals surface area contributed by atoms with Crippen LogP contribution in [0, 0.1) is 0 Å². The fourth-order valence-electron chi connectivity index (χ4n) is 1.45. The SMILES string of the molecule is CC(C)n1ccnc(NCc2cscn2)c1=O. The van der Waals surface area contributed by atoms with Gasteiger partial charge < -0.3 is 9.88 Å². The molecule has 2 heterocycles. The molecule has 0 saturated carbocycles. The third kappa shape index (κ3) is 2.71. The summed E-state index contributed by atoms with van der Waals surface area (Å²) in [6, 6.07) is 0.130. The fourth-order valence-corrected chi connectivity index (χ4v) is 2.01. The summed E-state index contributed by atoms with van der Waals surface area (Å²) in [5, 5.41) is 4.95. The molecule has 0 radical (unpaired) electrons. The van der Waals surface area contributed by atoms with E-state index in [1.807, 2.05) is 19.2 Å². The number of thiazole rings is 1. The highest BCUT2D eigenvalue weighted by Gasteiger charge is 2.06. The molecule has 0 aliphatic rings. The number of nitrogens with zero attached hydrogens (tertiary/aromatic N) is 3. The van der Waals surface area contributed by atoms with Crippen molar-refractivity contribution in [2.24, 2.45) is 0 Å². The van der Waals surface area contributed by atoms with Crippen molar-refractivity contribution in [3.8, 4) is 0 Å². The summed E-state index contributed by atoms with van der Waals surface area (Å²) >= 11 is 1.53. The Labute approximate surface area is 103 Å². The Balaban J connectivity index is 2.16. The summed E-state index contributed by atoms with van der Waals surface area (Å²) < 4.78 is 1.65. The van der Waals surface area contributed by atoms with Gasteiger partial charge in [0.2, 0.25) is 0 Å². The fraction of sp³-hybridized carbons (Fsp3) is 0.364. The van der Waals surface area contributed by atoms with E-state index in [4.69, 9.17) is 0 Å². The summed E-state index contributed by atoms with van der Waals surface area (Å²) in [5.74, 6) is 0.370. The molecule has 0 unspecified atom stereocenters. The molecule has 2 aromatic rings. The quantitative estimate of drug-likeness (QED) is 0.900. The minimum atomic E-state index is -0.0993. The maximum atomic E-state index is 12.0. The number of hydrogen-bond donors (Lipinski definition) is 1. The third-order valence-corrected chi connectivity index (χ3v) is 2.98. The molecule has 0 saturated heterocycles. The van der Waals surface area contributed by atoms with E-state index < -0.39 is 0 Å². The smallest absolute Gasteiger partial charge is 0.293 e. The zero-order valence-electron chi connectivity index (χ0n) is 9.75. The lowest BCUT2D eigenvalue weighted by atomic mass is 10.4. The van der Waals surface area contributed by atoms with Crippen molar-refractivity contribution in [1.82, 2.24) is 14.5 Å². The summed E-state index contributed by atoms with van der Waals surface area (Å²) in [6.45, 7) is 4.45. The van der Waals surface area contributed by atoms with Gasteiger partial charge in [-0.3, -0.25) is 4.79 Å². The van der Waals surface area contributed by atoms with E-state index >= 15 is 0 Å². The van der Waals surface area contributed by atoms with Crippen LogP contribution in [0.2, 0.25) is 0 Å². The van der Waals surface area contributed by atoms with Crippen LogP contribution in [0.5, 0.6) is 0 Å². The Bertz CT molecular complexity index is 533. The van der Waals surface area contributed by atoms with Gasteiger partial charge in [-0.25, -0.2) is 9.97 Å². The van der Waals surface area contributed by atoms with Crippen LogP contribution in [0.4, 0.5) is 5.82 Å². The number of rotatable bonds is 4. The lowest BCUT2D eigenvalue weighted by Crippen LogP contribution is -2.25. The normalized spacial score (nSPS) is 10.8. The van der Waals surface area contributed by atoms with E-state index in [0.717, 1.165) is 5.69 Å². The topological polar surface area (TPSA) is 59.8 Å². The molecule has 2 rings (SSSR count). The molecule has 6 heteroatoms. The van der Waals surface area contributed by atoms with Crippen molar-refractivity contribution in [2.45, 2.75) is 26.4 Å².